The van der Waals surface area contributed by atoms with Crippen LogP contribution in [0.5, 0.6) is 5.75 Å². The van der Waals surface area contributed by atoms with Crippen LogP contribution in [0.2, 0.25) is 0 Å². The average Bonchev–Trinajstić information content (AvgIpc) is 2.83. The van der Waals surface area contributed by atoms with Crippen molar-refractivity contribution in [2.45, 2.75) is 13.0 Å². The molecule has 1 aromatic heterocycles. The summed E-state index contributed by atoms with van der Waals surface area (Å²) < 4.78 is 5.38. The Morgan fingerprint density at radius 1 is 1.38 bits per heavy atom. The molecule has 2 rings (SSSR count). The Hall–Kier alpha value is -1.39. The highest BCUT2D eigenvalue weighted by Crippen LogP contribution is 2.24. The lowest BCUT2D eigenvalue weighted by Crippen LogP contribution is -2.09. The van der Waals surface area contributed by atoms with Crippen molar-refractivity contribution in [3.63, 3.8) is 0 Å². The molecule has 1 aromatic carbocycles. The van der Waals surface area contributed by atoms with Gasteiger partial charge in [0, 0.05) is 11.1 Å². The van der Waals surface area contributed by atoms with Crippen LogP contribution in [0.25, 0.3) is 0 Å². The van der Waals surface area contributed by atoms with Gasteiger partial charge in [0.1, 0.15) is 5.75 Å². The predicted octanol–water partition coefficient (Wildman–Crippen LogP) is 2.59. The van der Waals surface area contributed by atoms with Crippen molar-refractivity contribution in [3.05, 3.63) is 46.4 Å². The molecule has 0 saturated heterocycles. The molecule has 1 heterocycles. The highest BCUT2D eigenvalue weighted by atomic mass is 32.1. The second-order valence-electron chi connectivity index (χ2n) is 3.38. The summed E-state index contributed by atoms with van der Waals surface area (Å²) in [6.45, 7) is 2.65. The van der Waals surface area contributed by atoms with E-state index < -0.39 is 0 Å². The number of aromatic nitrogens is 1. The highest BCUT2D eigenvalue weighted by Gasteiger charge is 2.10. The van der Waals surface area contributed by atoms with Gasteiger partial charge in [-0.15, -0.1) is 11.3 Å². The first kappa shape index (κ1) is 11.1. The summed E-state index contributed by atoms with van der Waals surface area (Å²) in [5.41, 5.74) is 8.99. The zero-order valence-electron chi connectivity index (χ0n) is 9.09. The normalized spacial score (nSPS) is 12.4. The van der Waals surface area contributed by atoms with Gasteiger partial charge in [0.25, 0.3) is 0 Å². The SMILES string of the molecule is CCOc1ccc(C(N)c2cncs2)cc1. The summed E-state index contributed by atoms with van der Waals surface area (Å²) in [4.78, 5) is 5.10. The number of nitrogens with two attached hydrogens (primary N) is 1. The van der Waals surface area contributed by atoms with Crippen LogP contribution < -0.4 is 10.5 Å². The van der Waals surface area contributed by atoms with Gasteiger partial charge in [0.15, 0.2) is 0 Å². The Kier molecular flexibility index (Phi) is 3.54. The first-order valence-corrected chi connectivity index (χ1v) is 6.06. The molecule has 2 N–H and O–H groups in total. The second kappa shape index (κ2) is 5.09. The minimum atomic E-state index is -0.0943. The van der Waals surface area contributed by atoms with E-state index in [4.69, 9.17) is 10.5 Å². The fourth-order valence-corrected chi connectivity index (χ4v) is 2.13. The number of ether oxygens (including phenoxy) is 1. The fraction of sp³-hybridized carbons (Fsp3) is 0.250. The lowest BCUT2D eigenvalue weighted by Gasteiger charge is -2.10. The number of hydrogen-bond acceptors (Lipinski definition) is 4. The summed E-state index contributed by atoms with van der Waals surface area (Å²) in [5, 5.41) is 0. The van der Waals surface area contributed by atoms with Gasteiger partial charge in [-0.1, -0.05) is 12.1 Å². The summed E-state index contributed by atoms with van der Waals surface area (Å²) in [5.74, 6) is 0.878. The monoisotopic (exact) mass is 234 g/mol. The Morgan fingerprint density at radius 2 is 2.12 bits per heavy atom. The Labute approximate surface area is 98.9 Å². The smallest absolute Gasteiger partial charge is 0.119 e. The molecule has 0 saturated carbocycles. The molecular weight excluding hydrogens is 220 g/mol. The standard InChI is InChI=1S/C12H14N2OS/c1-2-15-10-5-3-9(4-6-10)12(13)11-7-14-8-16-11/h3-8,12H,2,13H2,1H3. The van der Waals surface area contributed by atoms with E-state index in [1.165, 1.54) is 0 Å². The molecule has 0 aliphatic rings. The van der Waals surface area contributed by atoms with Gasteiger partial charge in [0.2, 0.25) is 0 Å². The van der Waals surface area contributed by atoms with Crippen LogP contribution in [0, 0.1) is 0 Å². The molecule has 0 amide bonds. The molecule has 2 aromatic rings. The second-order valence-corrected chi connectivity index (χ2v) is 4.30. The molecule has 0 fully saturated rings. The molecule has 0 radical (unpaired) electrons. The molecule has 0 aliphatic heterocycles. The number of nitrogens with zero attached hydrogens (tertiary/aromatic N) is 1. The highest BCUT2D eigenvalue weighted by molar-refractivity contribution is 7.09. The van der Waals surface area contributed by atoms with Crippen molar-refractivity contribution < 1.29 is 4.74 Å². The Bertz CT molecular complexity index is 425. The van der Waals surface area contributed by atoms with E-state index in [1.54, 1.807) is 16.8 Å². The maximum absolute atomic E-state index is 6.11. The van der Waals surface area contributed by atoms with Gasteiger partial charge in [-0.05, 0) is 24.6 Å². The molecule has 1 atom stereocenters. The van der Waals surface area contributed by atoms with E-state index >= 15 is 0 Å². The van der Waals surface area contributed by atoms with Crippen LogP contribution >= 0.6 is 11.3 Å². The summed E-state index contributed by atoms with van der Waals surface area (Å²) in [6.07, 6.45) is 1.81. The molecular formula is C12H14N2OS. The number of rotatable bonds is 4. The lowest BCUT2D eigenvalue weighted by atomic mass is 10.1. The van der Waals surface area contributed by atoms with Crippen molar-refractivity contribution >= 4 is 11.3 Å². The Morgan fingerprint density at radius 3 is 2.69 bits per heavy atom. The summed E-state index contributed by atoms with van der Waals surface area (Å²) >= 11 is 1.57. The topological polar surface area (TPSA) is 48.1 Å². The van der Waals surface area contributed by atoms with Crippen LogP contribution in [-0.4, -0.2) is 11.6 Å². The van der Waals surface area contributed by atoms with E-state index in [-0.39, 0.29) is 6.04 Å². The molecule has 0 aliphatic carbocycles. The number of hydrogen-bond donors (Lipinski definition) is 1. The molecule has 0 spiro atoms. The first-order valence-electron chi connectivity index (χ1n) is 5.18. The first-order chi connectivity index (χ1) is 7.81. The third-order valence-corrected chi connectivity index (χ3v) is 3.17. The molecule has 3 nitrogen and oxygen atoms in total. The quantitative estimate of drug-likeness (QED) is 0.884. The average molecular weight is 234 g/mol. The summed E-state index contributed by atoms with van der Waals surface area (Å²) in [7, 11) is 0. The van der Waals surface area contributed by atoms with Crippen molar-refractivity contribution in [2.75, 3.05) is 6.61 Å². The van der Waals surface area contributed by atoms with Crippen molar-refractivity contribution in [3.8, 4) is 5.75 Å². The Balaban J connectivity index is 2.15. The minimum absolute atomic E-state index is 0.0943. The van der Waals surface area contributed by atoms with E-state index in [1.807, 2.05) is 37.4 Å². The molecule has 4 heteroatoms. The van der Waals surface area contributed by atoms with Gasteiger partial charge in [-0.3, -0.25) is 4.98 Å². The molecule has 0 bridgehead atoms. The maximum Gasteiger partial charge on any atom is 0.119 e. The van der Waals surface area contributed by atoms with Gasteiger partial charge < -0.3 is 10.5 Å². The van der Waals surface area contributed by atoms with Crippen molar-refractivity contribution in [2.24, 2.45) is 5.73 Å². The van der Waals surface area contributed by atoms with E-state index in [9.17, 15) is 0 Å². The lowest BCUT2D eigenvalue weighted by molar-refractivity contribution is 0.340. The van der Waals surface area contributed by atoms with Gasteiger partial charge in [0.05, 0.1) is 18.2 Å². The summed E-state index contributed by atoms with van der Waals surface area (Å²) in [6, 6.07) is 7.78. The van der Waals surface area contributed by atoms with E-state index in [0.29, 0.717) is 6.61 Å². The van der Waals surface area contributed by atoms with Crippen LogP contribution in [0.1, 0.15) is 23.4 Å². The van der Waals surface area contributed by atoms with Crippen molar-refractivity contribution in [1.82, 2.24) is 4.98 Å². The van der Waals surface area contributed by atoms with Crippen LogP contribution in [0.3, 0.4) is 0 Å². The zero-order valence-corrected chi connectivity index (χ0v) is 9.91. The van der Waals surface area contributed by atoms with Crippen LogP contribution in [-0.2, 0) is 0 Å². The van der Waals surface area contributed by atoms with Crippen LogP contribution in [0.15, 0.2) is 36.0 Å². The maximum atomic E-state index is 6.11. The number of benzene rings is 1. The zero-order chi connectivity index (χ0) is 11.4. The minimum Gasteiger partial charge on any atom is -0.494 e. The van der Waals surface area contributed by atoms with Gasteiger partial charge >= 0.3 is 0 Å². The van der Waals surface area contributed by atoms with E-state index in [2.05, 4.69) is 4.98 Å². The largest absolute Gasteiger partial charge is 0.494 e. The van der Waals surface area contributed by atoms with Crippen molar-refractivity contribution in [1.29, 1.82) is 0 Å². The van der Waals surface area contributed by atoms with Crippen LogP contribution in [0.4, 0.5) is 0 Å². The third-order valence-electron chi connectivity index (χ3n) is 2.31. The van der Waals surface area contributed by atoms with E-state index in [0.717, 1.165) is 16.2 Å². The van der Waals surface area contributed by atoms with Gasteiger partial charge in [-0.25, -0.2) is 0 Å². The third kappa shape index (κ3) is 2.40. The predicted molar refractivity (Wildman–Crippen MR) is 65.8 cm³/mol. The fourth-order valence-electron chi connectivity index (χ4n) is 1.48. The number of thiazole rings is 1. The molecule has 16 heavy (non-hydrogen) atoms. The van der Waals surface area contributed by atoms with Gasteiger partial charge in [-0.2, -0.15) is 0 Å². The molecule has 84 valence electrons. The molecule has 1 unspecified atom stereocenters.